The van der Waals surface area contributed by atoms with Gasteiger partial charge >= 0.3 is 5.97 Å². The van der Waals surface area contributed by atoms with E-state index in [-0.39, 0.29) is 29.5 Å². The van der Waals surface area contributed by atoms with Crippen molar-refractivity contribution in [1.29, 1.82) is 0 Å². The average Bonchev–Trinajstić information content (AvgIpc) is 2.68. The molecule has 1 N–H and O–H groups in total. The van der Waals surface area contributed by atoms with Gasteiger partial charge in [0.25, 0.3) is 5.91 Å². The third-order valence-electron chi connectivity index (χ3n) is 5.25. The lowest BCUT2D eigenvalue weighted by molar-refractivity contribution is -0.144. The summed E-state index contributed by atoms with van der Waals surface area (Å²) in [5, 5.41) is 9.34. The molecule has 1 aromatic rings. The zero-order valence-corrected chi connectivity index (χ0v) is 16.0. The van der Waals surface area contributed by atoms with Crippen LogP contribution in [0.2, 0.25) is 0 Å². The van der Waals surface area contributed by atoms with Gasteiger partial charge in [-0.25, -0.2) is 8.42 Å². The number of sulfonamides is 1. The van der Waals surface area contributed by atoms with Crippen molar-refractivity contribution >= 4 is 21.9 Å². The van der Waals surface area contributed by atoms with Crippen molar-refractivity contribution in [3.8, 4) is 0 Å². The maximum atomic E-state index is 12.9. The molecule has 27 heavy (non-hydrogen) atoms. The Morgan fingerprint density at radius 3 is 2.56 bits per heavy atom. The second-order valence-electron chi connectivity index (χ2n) is 6.87. The molecule has 3 rings (SSSR count). The molecule has 2 aliphatic heterocycles. The van der Waals surface area contributed by atoms with Crippen LogP contribution in [0, 0.1) is 5.92 Å². The first-order chi connectivity index (χ1) is 12.8. The Morgan fingerprint density at radius 1 is 1.19 bits per heavy atom. The third-order valence-corrected chi connectivity index (χ3v) is 7.15. The van der Waals surface area contributed by atoms with E-state index in [0.717, 1.165) is 0 Å². The van der Waals surface area contributed by atoms with Gasteiger partial charge in [-0.3, -0.25) is 9.59 Å². The molecule has 0 bridgehead atoms. The zero-order chi connectivity index (χ0) is 19.6. The summed E-state index contributed by atoms with van der Waals surface area (Å²) in [4.78, 5) is 25.9. The van der Waals surface area contributed by atoms with Gasteiger partial charge < -0.3 is 14.7 Å². The Bertz CT molecular complexity index is 819. The Hall–Kier alpha value is -1.97. The number of likely N-dealkylation sites (tertiary alicyclic amines) is 1. The monoisotopic (exact) mass is 396 g/mol. The van der Waals surface area contributed by atoms with Crippen molar-refractivity contribution in [1.82, 2.24) is 9.21 Å². The number of carbonyl (C=O) groups is 2. The summed E-state index contributed by atoms with van der Waals surface area (Å²) >= 11 is 0. The van der Waals surface area contributed by atoms with E-state index in [1.807, 2.05) is 0 Å². The highest BCUT2D eigenvalue weighted by atomic mass is 32.2. The van der Waals surface area contributed by atoms with Crippen LogP contribution in [0.5, 0.6) is 0 Å². The van der Waals surface area contributed by atoms with Crippen LogP contribution in [0.4, 0.5) is 0 Å². The first-order valence-corrected chi connectivity index (χ1v) is 10.5. The van der Waals surface area contributed by atoms with Gasteiger partial charge in [0, 0.05) is 31.2 Å². The highest BCUT2D eigenvalue weighted by Gasteiger charge is 2.36. The lowest BCUT2D eigenvalue weighted by atomic mass is 9.90. The molecule has 1 aromatic carbocycles. The molecular weight excluding hydrogens is 372 g/mol. The first kappa shape index (κ1) is 19.8. The fraction of sp³-hybridized carbons (Fsp3) is 0.556. The van der Waals surface area contributed by atoms with Gasteiger partial charge in [0.2, 0.25) is 10.0 Å². The number of hydrogen-bond acceptors (Lipinski definition) is 5. The van der Waals surface area contributed by atoms with Crippen LogP contribution in [0.25, 0.3) is 0 Å². The lowest BCUT2D eigenvalue weighted by Gasteiger charge is -2.37. The molecule has 1 amide bonds. The van der Waals surface area contributed by atoms with E-state index in [4.69, 9.17) is 4.74 Å². The maximum Gasteiger partial charge on any atom is 0.308 e. The molecule has 0 unspecified atom stereocenters. The topological polar surface area (TPSA) is 104 Å². The number of carbonyl (C=O) groups excluding carboxylic acids is 1. The molecule has 2 saturated heterocycles. The van der Waals surface area contributed by atoms with E-state index in [9.17, 15) is 23.1 Å². The Morgan fingerprint density at radius 2 is 1.89 bits per heavy atom. The van der Waals surface area contributed by atoms with Crippen molar-refractivity contribution < 1.29 is 27.9 Å². The van der Waals surface area contributed by atoms with Gasteiger partial charge in [0.05, 0.1) is 24.0 Å². The van der Waals surface area contributed by atoms with Crippen molar-refractivity contribution in [2.45, 2.75) is 30.7 Å². The maximum absolute atomic E-state index is 12.9. The molecule has 2 atom stereocenters. The molecule has 2 aliphatic rings. The van der Waals surface area contributed by atoms with E-state index in [2.05, 4.69) is 0 Å². The molecular formula is C18H24N2O6S. The molecule has 0 radical (unpaired) electrons. The largest absolute Gasteiger partial charge is 0.481 e. The van der Waals surface area contributed by atoms with Crippen LogP contribution in [0.15, 0.2) is 29.2 Å². The molecule has 0 aliphatic carbocycles. The number of amides is 1. The van der Waals surface area contributed by atoms with E-state index in [1.54, 1.807) is 19.1 Å². The Kier molecular flexibility index (Phi) is 5.83. The van der Waals surface area contributed by atoms with E-state index < -0.39 is 28.0 Å². The molecule has 8 nitrogen and oxygen atoms in total. The van der Waals surface area contributed by atoms with Gasteiger partial charge in [0.1, 0.15) is 0 Å². The van der Waals surface area contributed by atoms with Crippen LogP contribution in [0.1, 0.15) is 30.1 Å². The van der Waals surface area contributed by atoms with E-state index in [0.29, 0.717) is 32.6 Å². The number of carboxylic acids is 1. The van der Waals surface area contributed by atoms with Gasteiger partial charge in [-0.2, -0.15) is 4.31 Å². The first-order valence-electron chi connectivity index (χ1n) is 9.04. The Balaban J connectivity index is 1.84. The second kappa shape index (κ2) is 7.95. The van der Waals surface area contributed by atoms with Crippen LogP contribution >= 0.6 is 0 Å². The summed E-state index contributed by atoms with van der Waals surface area (Å²) in [6.07, 6.45) is 1.14. The normalized spacial score (nSPS) is 24.6. The predicted molar refractivity (Wildman–Crippen MR) is 96.9 cm³/mol. The summed E-state index contributed by atoms with van der Waals surface area (Å²) < 4.78 is 32.2. The van der Waals surface area contributed by atoms with Gasteiger partial charge in [-0.1, -0.05) is 6.07 Å². The number of rotatable bonds is 4. The van der Waals surface area contributed by atoms with Crippen molar-refractivity contribution in [2.75, 3.05) is 32.8 Å². The van der Waals surface area contributed by atoms with Gasteiger partial charge in [-0.15, -0.1) is 0 Å². The van der Waals surface area contributed by atoms with Crippen LogP contribution < -0.4 is 0 Å². The number of piperidine rings is 1. The number of carboxylic acid groups (broad SMARTS) is 1. The second-order valence-corrected chi connectivity index (χ2v) is 8.81. The highest BCUT2D eigenvalue weighted by molar-refractivity contribution is 7.89. The number of aliphatic carboxylic acids is 1. The number of ether oxygens (including phenoxy) is 1. The average molecular weight is 396 g/mol. The summed E-state index contributed by atoms with van der Waals surface area (Å²) in [6, 6.07) is 5.52. The van der Waals surface area contributed by atoms with E-state index >= 15 is 0 Å². The van der Waals surface area contributed by atoms with Crippen molar-refractivity contribution in [2.24, 2.45) is 5.92 Å². The number of benzene rings is 1. The number of hydrogen-bond donors (Lipinski definition) is 1. The summed E-state index contributed by atoms with van der Waals surface area (Å²) in [7, 11) is -3.70. The highest BCUT2D eigenvalue weighted by Crippen LogP contribution is 2.26. The van der Waals surface area contributed by atoms with Gasteiger partial charge in [-0.05, 0) is 38.0 Å². The summed E-state index contributed by atoms with van der Waals surface area (Å²) in [6.45, 7) is 3.45. The third kappa shape index (κ3) is 3.99. The molecule has 0 spiro atoms. The standard InChI is InChI=1S/C18H24N2O6S/c1-13-16(18(22)23)6-3-7-20(13)17(21)14-4-2-5-15(12-14)27(24,25)19-8-10-26-11-9-19/h2,4-5,12-13,16H,3,6-11H2,1H3,(H,22,23)/t13-,16-/m1/s1. The van der Waals surface area contributed by atoms with Gasteiger partial charge in [0.15, 0.2) is 0 Å². The Labute approximate surface area is 158 Å². The minimum Gasteiger partial charge on any atom is -0.481 e. The summed E-state index contributed by atoms with van der Waals surface area (Å²) in [5.74, 6) is -1.86. The molecule has 0 saturated carbocycles. The van der Waals surface area contributed by atoms with Crippen molar-refractivity contribution in [3.05, 3.63) is 29.8 Å². The predicted octanol–water partition coefficient (Wildman–Crippen LogP) is 1.03. The van der Waals surface area contributed by atoms with E-state index in [1.165, 1.54) is 21.3 Å². The fourth-order valence-electron chi connectivity index (χ4n) is 3.65. The molecule has 148 valence electrons. The molecule has 9 heteroatoms. The quantitative estimate of drug-likeness (QED) is 0.815. The number of nitrogens with zero attached hydrogens (tertiary/aromatic N) is 2. The van der Waals surface area contributed by atoms with Crippen LogP contribution in [-0.4, -0.2) is 73.5 Å². The SMILES string of the molecule is C[C@@H]1[C@H](C(=O)O)CCCN1C(=O)c1cccc(S(=O)(=O)N2CCOCC2)c1. The van der Waals surface area contributed by atoms with Crippen LogP contribution in [0.3, 0.4) is 0 Å². The molecule has 0 aromatic heterocycles. The fourth-order valence-corrected chi connectivity index (χ4v) is 5.11. The lowest BCUT2D eigenvalue weighted by Crippen LogP contribution is -2.49. The molecule has 2 heterocycles. The minimum atomic E-state index is -3.70. The summed E-state index contributed by atoms with van der Waals surface area (Å²) in [5.41, 5.74) is 0.252. The number of morpholine rings is 1. The van der Waals surface area contributed by atoms with Crippen molar-refractivity contribution in [3.63, 3.8) is 0 Å². The smallest absolute Gasteiger partial charge is 0.308 e. The zero-order valence-electron chi connectivity index (χ0n) is 15.2. The van der Waals surface area contributed by atoms with Crippen LogP contribution in [-0.2, 0) is 19.6 Å². The molecule has 2 fully saturated rings. The minimum absolute atomic E-state index is 0.0645.